The van der Waals surface area contributed by atoms with Gasteiger partial charge in [0.05, 0.1) is 0 Å². The summed E-state index contributed by atoms with van der Waals surface area (Å²) in [5, 5.41) is 5.75. The van der Waals surface area contributed by atoms with Gasteiger partial charge in [0, 0.05) is 18.8 Å². The fourth-order valence-electron chi connectivity index (χ4n) is 1.29. The Morgan fingerprint density at radius 3 is 2.65 bits per heavy atom. The first kappa shape index (κ1) is 15.7. The van der Waals surface area contributed by atoms with Gasteiger partial charge in [-0.15, -0.1) is 12.4 Å². The van der Waals surface area contributed by atoms with Crippen LogP contribution in [0.5, 0.6) is 0 Å². The smallest absolute Gasteiger partial charge is 0.260 e. The molecule has 1 amide bonds. The van der Waals surface area contributed by atoms with Crippen LogP contribution in [0.15, 0.2) is 16.9 Å². The number of aromatic amines is 1. The second kappa shape index (κ2) is 7.86. The number of H-pyrrole nitrogens is 1. The van der Waals surface area contributed by atoms with E-state index in [0.717, 1.165) is 12.2 Å². The summed E-state index contributed by atoms with van der Waals surface area (Å²) in [4.78, 5) is 25.6. The van der Waals surface area contributed by atoms with Crippen molar-refractivity contribution in [1.82, 2.24) is 15.6 Å². The van der Waals surface area contributed by atoms with E-state index in [1.165, 1.54) is 6.07 Å². The summed E-state index contributed by atoms with van der Waals surface area (Å²) in [6.07, 6.45) is 0. The van der Waals surface area contributed by atoms with Gasteiger partial charge in [0.15, 0.2) is 0 Å². The Hall–Kier alpha value is -1.33. The zero-order valence-corrected chi connectivity index (χ0v) is 10.8. The molecule has 17 heavy (non-hydrogen) atoms. The summed E-state index contributed by atoms with van der Waals surface area (Å²) in [6, 6.07) is 3.25. The van der Waals surface area contributed by atoms with Gasteiger partial charge in [-0.2, -0.15) is 0 Å². The molecule has 1 rings (SSSR count). The van der Waals surface area contributed by atoms with Crippen LogP contribution in [0.2, 0.25) is 0 Å². The van der Waals surface area contributed by atoms with Gasteiger partial charge in [-0.05, 0) is 25.6 Å². The average Bonchev–Trinajstić information content (AvgIpc) is 2.24. The third kappa shape index (κ3) is 5.01. The number of hydrogen-bond donors (Lipinski definition) is 3. The highest BCUT2D eigenvalue weighted by molar-refractivity contribution is 5.93. The second-order valence-electron chi connectivity index (χ2n) is 3.49. The fourth-order valence-corrected chi connectivity index (χ4v) is 1.29. The van der Waals surface area contributed by atoms with E-state index < -0.39 is 0 Å². The van der Waals surface area contributed by atoms with E-state index >= 15 is 0 Å². The normalized spacial score (nSPS) is 9.53. The Balaban J connectivity index is 0.00000256. The predicted molar refractivity (Wildman–Crippen MR) is 69.9 cm³/mol. The van der Waals surface area contributed by atoms with Crippen LogP contribution in [0.1, 0.15) is 23.0 Å². The van der Waals surface area contributed by atoms with E-state index in [1.54, 1.807) is 13.0 Å². The largest absolute Gasteiger partial charge is 0.351 e. The quantitative estimate of drug-likeness (QED) is 0.672. The molecule has 0 fully saturated rings. The minimum atomic E-state index is -0.346. The third-order valence-corrected chi connectivity index (χ3v) is 2.14. The van der Waals surface area contributed by atoms with E-state index in [4.69, 9.17) is 0 Å². The lowest BCUT2D eigenvalue weighted by atomic mass is 10.2. The number of hydrogen-bond acceptors (Lipinski definition) is 3. The van der Waals surface area contributed by atoms with Crippen LogP contribution >= 0.6 is 12.4 Å². The monoisotopic (exact) mass is 259 g/mol. The average molecular weight is 260 g/mol. The number of aromatic nitrogens is 1. The first-order valence-corrected chi connectivity index (χ1v) is 5.34. The number of carbonyl (C=O) groups excluding carboxylic acids is 1. The van der Waals surface area contributed by atoms with Crippen LogP contribution in [0.3, 0.4) is 0 Å². The molecule has 0 atom stereocenters. The van der Waals surface area contributed by atoms with Crippen molar-refractivity contribution in [2.45, 2.75) is 13.8 Å². The van der Waals surface area contributed by atoms with Gasteiger partial charge in [0.1, 0.15) is 5.56 Å². The van der Waals surface area contributed by atoms with Crippen LogP contribution in [0, 0.1) is 6.92 Å². The summed E-state index contributed by atoms with van der Waals surface area (Å²) >= 11 is 0. The number of pyridine rings is 1. The van der Waals surface area contributed by atoms with Crippen LogP contribution in [0.25, 0.3) is 0 Å². The number of nitrogens with one attached hydrogen (secondary N) is 3. The molecule has 1 aromatic heterocycles. The molecule has 0 spiro atoms. The van der Waals surface area contributed by atoms with E-state index in [-0.39, 0.29) is 29.4 Å². The van der Waals surface area contributed by atoms with Gasteiger partial charge < -0.3 is 15.6 Å². The second-order valence-corrected chi connectivity index (χ2v) is 3.49. The third-order valence-electron chi connectivity index (χ3n) is 2.14. The SMILES string of the molecule is CCNCCNC(=O)c1ccc(C)[nH]c1=O.Cl. The molecule has 0 saturated carbocycles. The van der Waals surface area contributed by atoms with E-state index in [2.05, 4.69) is 15.6 Å². The Kier molecular flexibility index (Phi) is 7.25. The Labute approximate surface area is 106 Å². The van der Waals surface area contributed by atoms with Crippen molar-refractivity contribution in [1.29, 1.82) is 0 Å². The number of halogens is 1. The number of likely N-dealkylation sites (N-methyl/N-ethyl adjacent to an activating group) is 1. The lowest BCUT2D eigenvalue weighted by Crippen LogP contribution is -2.34. The zero-order valence-electron chi connectivity index (χ0n) is 10.0. The van der Waals surface area contributed by atoms with Crippen molar-refractivity contribution in [3.8, 4) is 0 Å². The van der Waals surface area contributed by atoms with Gasteiger partial charge in [-0.3, -0.25) is 9.59 Å². The number of amides is 1. The van der Waals surface area contributed by atoms with E-state index in [9.17, 15) is 9.59 Å². The molecule has 0 bridgehead atoms. The van der Waals surface area contributed by atoms with Crippen LogP contribution in [-0.2, 0) is 0 Å². The lowest BCUT2D eigenvalue weighted by Gasteiger charge is -2.05. The van der Waals surface area contributed by atoms with Crippen LogP contribution < -0.4 is 16.2 Å². The van der Waals surface area contributed by atoms with Gasteiger partial charge >= 0.3 is 0 Å². The van der Waals surface area contributed by atoms with Crippen LogP contribution in [-0.4, -0.2) is 30.5 Å². The van der Waals surface area contributed by atoms with Crippen molar-refractivity contribution in [2.24, 2.45) is 0 Å². The number of rotatable bonds is 5. The van der Waals surface area contributed by atoms with Gasteiger partial charge in [0.25, 0.3) is 11.5 Å². The maximum atomic E-state index is 11.6. The minimum Gasteiger partial charge on any atom is -0.351 e. The van der Waals surface area contributed by atoms with Crippen molar-refractivity contribution in [3.63, 3.8) is 0 Å². The molecular weight excluding hydrogens is 242 g/mol. The summed E-state index contributed by atoms with van der Waals surface area (Å²) in [7, 11) is 0. The molecule has 0 aliphatic carbocycles. The van der Waals surface area contributed by atoms with Crippen LogP contribution in [0.4, 0.5) is 0 Å². The summed E-state index contributed by atoms with van der Waals surface area (Å²) < 4.78 is 0. The first-order chi connectivity index (χ1) is 7.65. The van der Waals surface area contributed by atoms with Crippen molar-refractivity contribution >= 4 is 18.3 Å². The molecule has 5 nitrogen and oxygen atoms in total. The summed E-state index contributed by atoms with van der Waals surface area (Å²) in [5.74, 6) is -0.334. The van der Waals surface area contributed by atoms with Gasteiger partial charge in [-0.25, -0.2) is 0 Å². The van der Waals surface area contributed by atoms with Crippen molar-refractivity contribution in [3.05, 3.63) is 33.7 Å². The highest BCUT2D eigenvalue weighted by Gasteiger charge is 2.08. The molecule has 3 N–H and O–H groups in total. The minimum absolute atomic E-state index is 0. The summed E-state index contributed by atoms with van der Waals surface area (Å²) in [6.45, 7) is 5.84. The lowest BCUT2D eigenvalue weighted by molar-refractivity contribution is 0.0952. The van der Waals surface area contributed by atoms with E-state index in [0.29, 0.717) is 13.1 Å². The maximum Gasteiger partial charge on any atom is 0.260 e. The molecule has 0 aromatic carbocycles. The standard InChI is InChI=1S/C11H17N3O2.ClH/c1-3-12-6-7-13-10(15)9-5-4-8(2)14-11(9)16;/h4-5,12H,3,6-7H2,1-2H3,(H,13,15)(H,14,16);1H. The first-order valence-electron chi connectivity index (χ1n) is 5.34. The highest BCUT2D eigenvalue weighted by atomic mass is 35.5. The molecule has 1 aromatic rings. The summed E-state index contributed by atoms with van der Waals surface area (Å²) in [5.41, 5.74) is 0.553. The van der Waals surface area contributed by atoms with Crippen molar-refractivity contribution in [2.75, 3.05) is 19.6 Å². The predicted octanol–water partition coefficient (Wildman–Crippen LogP) is 0.444. The molecule has 96 valence electrons. The molecule has 0 aliphatic heterocycles. The maximum absolute atomic E-state index is 11.6. The molecule has 0 aliphatic rings. The highest BCUT2D eigenvalue weighted by Crippen LogP contribution is 1.92. The van der Waals surface area contributed by atoms with Gasteiger partial charge in [-0.1, -0.05) is 6.92 Å². The molecule has 1 heterocycles. The Morgan fingerprint density at radius 2 is 2.06 bits per heavy atom. The molecular formula is C11H18ClN3O2. The molecule has 0 saturated heterocycles. The number of carbonyl (C=O) groups is 1. The Morgan fingerprint density at radius 1 is 1.35 bits per heavy atom. The molecule has 0 radical (unpaired) electrons. The van der Waals surface area contributed by atoms with Crippen molar-refractivity contribution < 1.29 is 4.79 Å². The molecule has 0 unspecified atom stereocenters. The van der Waals surface area contributed by atoms with Gasteiger partial charge in [0.2, 0.25) is 0 Å². The zero-order chi connectivity index (χ0) is 12.0. The fraction of sp³-hybridized carbons (Fsp3) is 0.455. The topological polar surface area (TPSA) is 74.0 Å². The molecule has 6 heteroatoms. The Bertz CT molecular complexity index is 417. The number of aryl methyl sites for hydroxylation is 1. The van der Waals surface area contributed by atoms with E-state index in [1.807, 2.05) is 6.92 Å².